The lowest BCUT2D eigenvalue weighted by molar-refractivity contribution is -0.118. The van der Waals surface area contributed by atoms with Crippen LogP contribution < -0.4 is 10.6 Å². The van der Waals surface area contributed by atoms with E-state index in [9.17, 15) is 9.59 Å². The Morgan fingerprint density at radius 1 is 0.958 bits per heavy atom. The number of hydrogen-bond donors (Lipinski definition) is 2. The van der Waals surface area contributed by atoms with E-state index < -0.39 is 0 Å². The molecule has 0 aromatic heterocycles. The summed E-state index contributed by atoms with van der Waals surface area (Å²) in [6.45, 7) is 4.23. The van der Waals surface area contributed by atoms with Gasteiger partial charge in [0.1, 0.15) is 0 Å². The number of para-hydroxylation sites is 1. The first-order chi connectivity index (χ1) is 11.6. The molecule has 126 valence electrons. The molecule has 2 amide bonds. The zero-order valence-corrected chi connectivity index (χ0v) is 14.3. The van der Waals surface area contributed by atoms with Crippen LogP contribution in [0.3, 0.4) is 0 Å². The third kappa shape index (κ3) is 5.23. The summed E-state index contributed by atoms with van der Waals surface area (Å²) in [4.78, 5) is 23.3. The molecule has 2 N–H and O–H groups in total. The first kappa shape index (κ1) is 17.7. The zero-order chi connectivity index (χ0) is 17.4. The van der Waals surface area contributed by atoms with Crippen LogP contribution in [0.1, 0.15) is 41.8 Å². The van der Waals surface area contributed by atoms with Crippen molar-refractivity contribution in [1.82, 2.24) is 5.32 Å². The molecular weight excluding hydrogens is 300 g/mol. The van der Waals surface area contributed by atoms with Crippen molar-refractivity contribution < 1.29 is 9.59 Å². The van der Waals surface area contributed by atoms with E-state index in [1.807, 2.05) is 48.5 Å². The topological polar surface area (TPSA) is 58.2 Å². The Morgan fingerprint density at radius 2 is 1.67 bits per heavy atom. The van der Waals surface area contributed by atoms with Gasteiger partial charge in [-0.15, -0.1) is 0 Å². The summed E-state index contributed by atoms with van der Waals surface area (Å²) in [5, 5.41) is 5.76. The van der Waals surface area contributed by atoms with Crippen molar-refractivity contribution in [3.05, 3.63) is 65.2 Å². The molecule has 0 aliphatic rings. The number of nitrogens with one attached hydrogen (secondary N) is 2. The second-order valence-corrected chi connectivity index (χ2v) is 5.79. The van der Waals surface area contributed by atoms with E-state index >= 15 is 0 Å². The molecule has 0 bridgehead atoms. The molecule has 0 saturated carbocycles. The Hall–Kier alpha value is -2.62. The molecule has 0 atom stereocenters. The number of carbonyl (C=O) groups is 2. The van der Waals surface area contributed by atoms with Crippen LogP contribution >= 0.6 is 0 Å². The minimum atomic E-state index is -0.105. The van der Waals surface area contributed by atoms with E-state index in [1.54, 1.807) is 0 Å². The summed E-state index contributed by atoms with van der Waals surface area (Å²) >= 11 is 0. The molecule has 0 fully saturated rings. The normalized spacial score (nSPS) is 10.2. The van der Waals surface area contributed by atoms with Gasteiger partial charge in [0.2, 0.25) is 5.91 Å². The predicted molar refractivity (Wildman–Crippen MR) is 97.2 cm³/mol. The van der Waals surface area contributed by atoms with Crippen molar-refractivity contribution in [3.63, 3.8) is 0 Å². The Morgan fingerprint density at radius 3 is 2.33 bits per heavy atom. The number of anilines is 1. The van der Waals surface area contributed by atoms with E-state index in [4.69, 9.17) is 0 Å². The van der Waals surface area contributed by atoms with Crippen LogP contribution in [0.4, 0.5) is 5.69 Å². The minimum Gasteiger partial charge on any atom is -0.356 e. The second-order valence-electron chi connectivity index (χ2n) is 5.79. The molecule has 2 aromatic rings. The van der Waals surface area contributed by atoms with Crippen molar-refractivity contribution in [2.24, 2.45) is 0 Å². The van der Waals surface area contributed by atoms with Gasteiger partial charge in [-0.05, 0) is 42.2 Å². The van der Waals surface area contributed by atoms with Gasteiger partial charge < -0.3 is 10.6 Å². The maximum atomic E-state index is 12.4. The molecule has 0 aliphatic heterocycles. The Balaban J connectivity index is 1.99. The van der Waals surface area contributed by atoms with Crippen LogP contribution in [0.15, 0.2) is 48.5 Å². The monoisotopic (exact) mass is 324 g/mol. The summed E-state index contributed by atoms with van der Waals surface area (Å²) < 4.78 is 0. The standard InChI is InChI=1S/C20H24N2O2/c1-3-6-17-7-4-5-8-19(17)22-20(24)18-11-9-16(10-12-18)13-14-21-15(2)23/h4-5,7-12H,3,6,13-14H2,1-2H3,(H,21,23)(H,22,24). The van der Waals surface area contributed by atoms with Crippen LogP contribution in [0.5, 0.6) is 0 Å². The van der Waals surface area contributed by atoms with Crippen molar-refractivity contribution >= 4 is 17.5 Å². The molecule has 24 heavy (non-hydrogen) atoms. The van der Waals surface area contributed by atoms with Gasteiger partial charge in [0.15, 0.2) is 0 Å². The average molecular weight is 324 g/mol. The van der Waals surface area contributed by atoms with Gasteiger partial charge in [-0.3, -0.25) is 9.59 Å². The lowest BCUT2D eigenvalue weighted by Crippen LogP contribution is -2.22. The fraction of sp³-hybridized carbons (Fsp3) is 0.300. The van der Waals surface area contributed by atoms with Gasteiger partial charge in [-0.2, -0.15) is 0 Å². The highest BCUT2D eigenvalue weighted by Crippen LogP contribution is 2.18. The van der Waals surface area contributed by atoms with Gasteiger partial charge >= 0.3 is 0 Å². The summed E-state index contributed by atoms with van der Waals surface area (Å²) in [5.41, 5.74) is 3.75. The third-order valence-corrected chi connectivity index (χ3v) is 3.79. The van der Waals surface area contributed by atoms with Crippen LogP contribution in [0, 0.1) is 0 Å². The molecule has 0 unspecified atom stereocenters. The van der Waals surface area contributed by atoms with Crippen molar-refractivity contribution in [2.45, 2.75) is 33.1 Å². The first-order valence-electron chi connectivity index (χ1n) is 8.32. The summed E-state index contributed by atoms with van der Waals surface area (Å²) in [5.74, 6) is -0.135. The van der Waals surface area contributed by atoms with Gasteiger partial charge in [-0.1, -0.05) is 43.7 Å². The fourth-order valence-corrected chi connectivity index (χ4v) is 2.53. The van der Waals surface area contributed by atoms with Crippen molar-refractivity contribution in [1.29, 1.82) is 0 Å². The molecule has 0 spiro atoms. The van der Waals surface area contributed by atoms with Gasteiger partial charge in [0.05, 0.1) is 0 Å². The maximum Gasteiger partial charge on any atom is 0.255 e. The van der Waals surface area contributed by atoms with Crippen molar-refractivity contribution in [2.75, 3.05) is 11.9 Å². The molecule has 0 aliphatic carbocycles. The number of hydrogen-bond acceptors (Lipinski definition) is 2. The van der Waals surface area contributed by atoms with Crippen molar-refractivity contribution in [3.8, 4) is 0 Å². The Bertz CT molecular complexity index is 693. The van der Waals surface area contributed by atoms with Gasteiger partial charge in [0, 0.05) is 24.7 Å². The fourth-order valence-electron chi connectivity index (χ4n) is 2.53. The van der Waals surface area contributed by atoms with E-state index in [2.05, 4.69) is 17.6 Å². The second kappa shape index (κ2) is 8.87. The quantitative estimate of drug-likeness (QED) is 0.818. The van der Waals surface area contributed by atoms with E-state index in [-0.39, 0.29) is 11.8 Å². The third-order valence-electron chi connectivity index (χ3n) is 3.79. The highest BCUT2D eigenvalue weighted by molar-refractivity contribution is 6.04. The average Bonchev–Trinajstić information content (AvgIpc) is 2.57. The SMILES string of the molecule is CCCc1ccccc1NC(=O)c1ccc(CCNC(C)=O)cc1. The van der Waals surface area contributed by atoms with Crippen LogP contribution in [-0.4, -0.2) is 18.4 Å². The predicted octanol–water partition coefficient (Wildman–Crippen LogP) is 3.57. The highest BCUT2D eigenvalue weighted by Gasteiger charge is 2.08. The first-order valence-corrected chi connectivity index (χ1v) is 8.32. The van der Waals surface area contributed by atoms with Crippen LogP contribution in [0.25, 0.3) is 0 Å². The number of amides is 2. The Kier molecular flexibility index (Phi) is 6.55. The van der Waals surface area contributed by atoms with E-state index in [1.165, 1.54) is 6.92 Å². The molecule has 2 aromatic carbocycles. The minimum absolute atomic E-state index is 0.0308. The summed E-state index contributed by atoms with van der Waals surface area (Å²) in [6, 6.07) is 15.4. The molecule has 4 nitrogen and oxygen atoms in total. The molecule has 0 radical (unpaired) electrons. The lowest BCUT2D eigenvalue weighted by atomic mass is 10.1. The Labute approximate surface area is 143 Å². The zero-order valence-electron chi connectivity index (χ0n) is 14.3. The smallest absolute Gasteiger partial charge is 0.255 e. The summed E-state index contributed by atoms with van der Waals surface area (Å²) in [6.07, 6.45) is 2.73. The van der Waals surface area contributed by atoms with Gasteiger partial charge in [-0.25, -0.2) is 0 Å². The highest BCUT2D eigenvalue weighted by atomic mass is 16.2. The number of carbonyl (C=O) groups excluding carboxylic acids is 2. The lowest BCUT2D eigenvalue weighted by Gasteiger charge is -2.11. The maximum absolute atomic E-state index is 12.4. The largest absolute Gasteiger partial charge is 0.356 e. The molecule has 0 heterocycles. The number of aryl methyl sites for hydroxylation is 1. The number of rotatable bonds is 7. The summed E-state index contributed by atoms with van der Waals surface area (Å²) in [7, 11) is 0. The van der Waals surface area contributed by atoms with Crippen LogP contribution in [0.2, 0.25) is 0 Å². The number of benzene rings is 2. The molecule has 2 rings (SSSR count). The molecular formula is C20H24N2O2. The van der Waals surface area contributed by atoms with E-state index in [0.29, 0.717) is 12.1 Å². The van der Waals surface area contributed by atoms with Crippen LogP contribution in [-0.2, 0) is 17.6 Å². The van der Waals surface area contributed by atoms with E-state index in [0.717, 1.165) is 36.1 Å². The molecule has 0 saturated heterocycles. The molecule has 4 heteroatoms. The van der Waals surface area contributed by atoms with Gasteiger partial charge in [0.25, 0.3) is 5.91 Å².